The van der Waals surface area contributed by atoms with Gasteiger partial charge in [0, 0.05) is 17.1 Å². The fourth-order valence-electron chi connectivity index (χ4n) is 2.21. The topological polar surface area (TPSA) is 46.4 Å². The number of thiazole rings is 1. The molecule has 11 heteroatoms. The number of alkyl halides is 6. The van der Waals surface area contributed by atoms with Gasteiger partial charge in [-0.2, -0.15) is 26.3 Å². The molecule has 1 amide bonds. The highest BCUT2D eigenvalue weighted by Crippen LogP contribution is 2.32. The summed E-state index contributed by atoms with van der Waals surface area (Å²) in [6.07, 6.45) is -7.76. The molecule has 0 aliphatic heterocycles. The van der Waals surface area contributed by atoms with Crippen molar-refractivity contribution in [3.05, 3.63) is 47.1 Å². The highest BCUT2D eigenvalue weighted by Gasteiger charge is 2.31. The Morgan fingerprint density at radius 1 is 1.19 bits per heavy atom. The van der Waals surface area contributed by atoms with Crippen LogP contribution in [0.5, 0.6) is 0 Å². The van der Waals surface area contributed by atoms with Crippen LogP contribution in [-0.2, 0) is 6.18 Å². The molecule has 0 fully saturated rings. The van der Waals surface area contributed by atoms with E-state index in [9.17, 15) is 31.1 Å². The molecule has 0 saturated heterocycles. The number of nitrogens with zero attached hydrogens (tertiary/aromatic N) is 2. The van der Waals surface area contributed by atoms with Crippen molar-refractivity contribution < 1.29 is 31.1 Å². The molecule has 1 N–H and O–H groups in total. The Morgan fingerprint density at radius 3 is 2.58 bits per heavy atom. The first kappa shape index (κ1) is 18.2. The van der Waals surface area contributed by atoms with Crippen LogP contribution >= 0.6 is 11.3 Å². The SMILES string of the molecule is O=C(NCC(F)(F)F)c1csc2nc(-c3cccc(C(F)(F)F)c3)cn12. The summed E-state index contributed by atoms with van der Waals surface area (Å²) < 4.78 is 76.3. The lowest BCUT2D eigenvalue weighted by Gasteiger charge is -2.07. The lowest BCUT2D eigenvalue weighted by atomic mass is 10.1. The van der Waals surface area contributed by atoms with E-state index in [1.165, 1.54) is 28.1 Å². The van der Waals surface area contributed by atoms with E-state index in [1.807, 2.05) is 0 Å². The number of fused-ring (bicyclic) bond motifs is 1. The van der Waals surface area contributed by atoms with Crippen LogP contribution in [0.25, 0.3) is 16.2 Å². The van der Waals surface area contributed by atoms with Crippen LogP contribution in [0.4, 0.5) is 26.3 Å². The number of nitrogens with one attached hydrogen (secondary N) is 1. The van der Waals surface area contributed by atoms with Gasteiger partial charge in [0.05, 0.1) is 11.3 Å². The Hall–Kier alpha value is -2.56. The maximum Gasteiger partial charge on any atom is 0.416 e. The predicted molar refractivity (Wildman–Crippen MR) is 81.9 cm³/mol. The fourth-order valence-corrected chi connectivity index (χ4v) is 3.07. The maximum atomic E-state index is 12.8. The number of benzene rings is 1. The quantitative estimate of drug-likeness (QED) is 0.672. The zero-order valence-corrected chi connectivity index (χ0v) is 13.5. The number of halogens is 6. The van der Waals surface area contributed by atoms with Gasteiger partial charge in [-0.3, -0.25) is 9.20 Å². The Labute approximate surface area is 146 Å². The molecule has 0 atom stereocenters. The van der Waals surface area contributed by atoms with E-state index in [1.54, 1.807) is 5.32 Å². The van der Waals surface area contributed by atoms with E-state index >= 15 is 0 Å². The van der Waals surface area contributed by atoms with Crippen molar-refractivity contribution in [2.24, 2.45) is 0 Å². The molecule has 0 bridgehead atoms. The number of carbonyl (C=O) groups is 1. The second-order valence-electron chi connectivity index (χ2n) is 5.28. The first-order valence-corrected chi connectivity index (χ1v) is 7.92. The summed E-state index contributed by atoms with van der Waals surface area (Å²) in [5, 5.41) is 3.06. The molecule has 3 rings (SSSR count). The zero-order chi connectivity index (χ0) is 19.1. The van der Waals surface area contributed by atoms with E-state index < -0.39 is 30.4 Å². The van der Waals surface area contributed by atoms with Crippen molar-refractivity contribution in [2.75, 3.05) is 6.54 Å². The van der Waals surface area contributed by atoms with Crippen LogP contribution in [0.15, 0.2) is 35.8 Å². The minimum absolute atomic E-state index is 0.0834. The third-order valence-electron chi connectivity index (χ3n) is 3.38. The average Bonchev–Trinajstić information content (AvgIpc) is 3.11. The molecule has 0 aliphatic carbocycles. The summed E-state index contributed by atoms with van der Waals surface area (Å²) in [7, 11) is 0. The van der Waals surface area contributed by atoms with Crippen molar-refractivity contribution in [2.45, 2.75) is 12.4 Å². The number of hydrogen-bond donors (Lipinski definition) is 1. The average molecular weight is 393 g/mol. The second kappa shape index (κ2) is 6.31. The summed E-state index contributed by atoms with van der Waals surface area (Å²) in [6, 6.07) is 4.47. The Bertz CT molecular complexity index is 956. The number of amides is 1. The highest BCUT2D eigenvalue weighted by molar-refractivity contribution is 7.15. The van der Waals surface area contributed by atoms with Crippen LogP contribution in [0, 0.1) is 0 Å². The molecule has 0 spiro atoms. The third kappa shape index (κ3) is 3.82. The monoisotopic (exact) mass is 393 g/mol. The lowest BCUT2D eigenvalue weighted by Crippen LogP contribution is -2.34. The van der Waals surface area contributed by atoms with E-state index in [2.05, 4.69) is 4.98 Å². The largest absolute Gasteiger partial charge is 0.416 e. The van der Waals surface area contributed by atoms with Crippen LogP contribution in [0.3, 0.4) is 0 Å². The van der Waals surface area contributed by atoms with Crippen molar-refractivity contribution in [3.63, 3.8) is 0 Å². The van der Waals surface area contributed by atoms with Gasteiger partial charge in [0.25, 0.3) is 5.91 Å². The number of aromatic nitrogens is 2. The molecule has 3 aromatic rings. The fraction of sp³-hybridized carbons (Fsp3) is 0.200. The molecule has 2 aromatic heterocycles. The smallest absolute Gasteiger partial charge is 0.342 e. The molecule has 0 saturated carbocycles. The van der Waals surface area contributed by atoms with Gasteiger partial charge in [-0.05, 0) is 12.1 Å². The van der Waals surface area contributed by atoms with Gasteiger partial charge < -0.3 is 5.32 Å². The summed E-state index contributed by atoms with van der Waals surface area (Å²) in [6.45, 7) is -1.49. The lowest BCUT2D eigenvalue weighted by molar-refractivity contribution is -0.137. The summed E-state index contributed by atoms with van der Waals surface area (Å²) in [4.78, 5) is 16.3. The van der Waals surface area contributed by atoms with Crippen LogP contribution < -0.4 is 5.32 Å². The van der Waals surface area contributed by atoms with E-state index in [4.69, 9.17) is 0 Å². The molecule has 4 nitrogen and oxygen atoms in total. The van der Waals surface area contributed by atoms with Crippen molar-refractivity contribution >= 4 is 22.2 Å². The number of imidazole rings is 1. The van der Waals surface area contributed by atoms with Crippen molar-refractivity contribution in [1.82, 2.24) is 14.7 Å². The molecular weight excluding hydrogens is 384 g/mol. The van der Waals surface area contributed by atoms with E-state index in [0.717, 1.165) is 23.5 Å². The number of rotatable bonds is 3. The maximum absolute atomic E-state index is 12.8. The van der Waals surface area contributed by atoms with Crippen LogP contribution in [0.2, 0.25) is 0 Å². The van der Waals surface area contributed by atoms with Crippen LogP contribution in [-0.4, -0.2) is 28.0 Å². The first-order valence-electron chi connectivity index (χ1n) is 7.04. The van der Waals surface area contributed by atoms with Gasteiger partial charge in [0.15, 0.2) is 4.96 Å². The molecule has 1 aromatic carbocycles. The predicted octanol–water partition coefficient (Wildman–Crippen LogP) is 4.37. The van der Waals surface area contributed by atoms with Gasteiger partial charge >= 0.3 is 12.4 Å². The second-order valence-corrected chi connectivity index (χ2v) is 6.11. The summed E-state index contributed by atoms with van der Waals surface area (Å²) in [5.41, 5.74) is -0.584. The molecule has 0 unspecified atom stereocenters. The Morgan fingerprint density at radius 2 is 1.92 bits per heavy atom. The van der Waals surface area contributed by atoms with E-state index in [0.29, 0.717) is 0 Å². The number of carbonyl (C=O) groups excluding carboxylic acids is 1. The number of hydrogen-bond acceptors (Lipinski definition) is 3. The molecule has 26 heavy (non-hydrogen) atoms. The van der Waals surface area contributed by atoms with Crippen molar-refractivity contribution in [1.29, 1.82) is 0 Å². The molecule has 0 radical (unpaired) electrons. The molecule has 0 aliphatic rings. The molecular formula is C15H9F6N3OS. The van der Waals surface area contributed by atoms with Gasteiger partial charge in [0.2, 0.25) is 0 Å². The summed E-state index contributed by atoms with van der Waals surface area (Å²) >= 11 is 0.988. The van der Waals surface area contributed by atoms with Crippen LogP contribution in [0.1, 0.15) is 16.1 Å². The third-order valence-corrected chi connectivity index (χ3v) is 4.22. The standard InChI is InChI=1S/C15H9F6N3OS/c16-14(17,18)7-22-12(25)11-6-26-13-23-10(5-24(11)13)8-2-1-3-9(4-8)15(19,20)21/h1-6H,7H2,(H,22,25). The minimum Gasteiger partial charge on any atom is -0.342 e. The Kier molecular flexibility index (Phi) is 4.42. The van der Waals surface area contributed by atoms with Gasteiger partial charge in [-0.25, -0.2) is 4.98 Å². The van der Waals surface area contributed by atoms with Gasteiger partial charge in [-0.1, -0.05) is 12.1 Å². The Balaban J connectivity index is 1.92. The minimum atomic E-state index is -4.55. The molecule has 138 valence electrons. The molecule has 2 heterocycles. The first-order chi connectivity index (χ1) is 12.0. The van der Waals surface area contributed by atoms with Crippen molar-refractivity contribution in [3.8, 4) is 11.3 Å². The van der Waals surface area contributed by atoms with Gasteiger partial charge in [-0.15, -0.1) is 11.3 Å². The highest BCUT2D eigenvalue weighted by atomic mass is 32.1. The van der Waals surface area contributed by atoms with E-state index in [-0.39, 0.29) is 21.9 Å². The summed E-state index contributed by atoms with van der Waals surface area (Å²) in [5.74, 6) is -0.957. The van der Waals surface area contributed by atoms with Gasteiger partial charge in [0.1, 0.15) is 12.2 Å². The zero-order valence-electron chi connectivity index (χ0n) is 12.6. The normalized spacial score (nSPS) is 12.5.